The predicted octanol–water partition coefficient (Wildman–Crippen LogP) is 5.54. The summed E-state index contributed by atoms with van der Waals surface area (Å²) in [4.78, 5) is 4.55. The van der Waals surface area contributed by atoms with Crippen molar-refractivity contribution in [3.05, 3.63) is 58.1 Å². The maximum absolute atomic E-state index is 13.9. The standard InChI is InChI=1S/C16H13BrClFN2/c1-9-3-5-11(6-4-9)21-15-8-13(19)12(17)7-14(15)20-16(21)10(2)18/h3-8,10H,1-2H3. The van der Waals surface area contributed by atoms with Gasteiger partial charge in [0.2, 0.25) is 0 Å². The molecular weight excluding hydrogens is 355 g/mol. The predicted molar refractivity (Wildman–Crippen MR) is 87.7 cm³/mol. The Morgan fingerprint density at radius 3 is 2.52 bits per heavy atom. The SMILES string of the molecule is Cc1ccc(-n2c(C(C)Cl)nc3cc(Br)c(F)cc32)cc1. The highest BCUT2D eigenvalue weighted by atomic mass is 79.9. The summed E-state index contributed by atoms with van der Waals surface area (Å²) in [7, 11) is 0. The van der Waals surface area contributed by atoms with Crippen LogP contribution in [0.15, 0.2) is 40.9 Å². The van der Waals surface area contributed by atoms with Crippen LogP contribution >= 0.6 is 27.5 Å². The van der Waals surface area contributed by atoms with Crippen LogP contribution in [0.1, 0.15) is 23.7 Å². The van der Waals surface area contributed by atoms with E-state index in [0.717, 1.165) is 11.3 Å². The van der Waals surface area contributed by atoms with Gasteiger partial charge in [0.25, 0.3) is 0 Å². The lowest BCUT2D eigenvalue weighted by Gasteiger charge is -2.11. The van der Waals surface area contributed by atoms with Gasteiger partial charge >= 0.3 is 0 Å². The molecule has 3 rings (SSSR count). The Bertz CT molecular complexity index is 809. The number of fused-ring (bicyclic) bond motifs is 1. The zero-order valence-corrected chi connectivity index (χ0v) is 13.9. The van der Waals surface area contributed by atoms with Crippen molar-refractivity contribution in [3.8, 4) is 5.69 Å². The number of alkyl halides is 1. The van der Waals surface area contributed by atoms with Gasteiger partial charge in [0.1, 0.15) is 11.6 Å². The molecule has 1 unspecified atom stereocenters. The van der Waals surface area contributed by atoms with Crippen molar-refractivity contribution in [2.75, 3.05) is 0 Å². The fourth-order valence-corrected chi connectivity index (χ4v) is 2.80. The van der Waals surface area contributed by atoms with E-state index in [0.29, 0.717) is 21.3 Å². The molecule has 108 valence electrons. The van der Waals surface area contributed by atoms with Gasteiger partial charge in [0, 0.05) is 11.8 Å². The van der Waals surface area contributed by atoms with E-state index in [1.807, 2.05) is 42.7 Å². The van der Waals surface area contributed by atoms with Crippen LogP contribution in [0.4, 0.5) is 4.39 Å². The summed E-state index contributed by atoms with van der Waals surface area (Å²) in [5.41, 5.74) is 3.51. The number of imidazole rings is 1. The molecule has 5 heteroatoms. The molecule has 1 heterocycles. The minimum absolute atomic E-state index is 0.277. The first-order valence-electron chi connectivity index (χ1n) is 6.56. The van der Waals surface area contributed by atoms with E-state index in [1.165, 1.54) is 6.07 Å². The number of halogens is 3. The van der Waals surface area contributed by atoms with Crippen molar-refractivity contribution in [2.24, 2.45) is 0 Å². The summed E-state index contributed by atoms with van der Waals surface area (Å²) in [6, 6.07) is 11.2. The van der Waals surface area contributed by atoms with Crippen LogP contribution in [0.3, 0.4) is 0 Å². The van der Waals surface area contributed by atoms with Gasteiger partial charge in [-0.1, -0.05) is 17.7 Å². The van der Waals surface area contributed by atoms with Crippen molar-refractivity contribution < 1.29 is 4.39 Å². The Hall–Kier alpha value is -1.39. The minimum Gasteiger partial charge on any atom is -0.295 e. The van der Waals surface area contributed by atoms with E-state index < -0.39 is 0 Å². The average Bonchev–Trinajstić information content (AvgIpc) is 2.79. The Balaban J connectivity index is 2.35. The van der Waals surface area contributed by atoms with Gasteiger partial charge in [-0.05, 0) is 48.0 Å². The van der Waals surface area contributed by atoms with Gasteiger partial charge in [0.05, 0.1) is 20.9 Å². The van der Waals surface area contributed by atoms with E-state index in [2.05, 4.69) is 20.9 Å². The first-order chi connectivity index (χ1) is 9.97. The lowest BCUT2D eigenvalue weighted by molar-refractivity contribution is 0.622. The third-order valence-electron chi connectivity index (χ3n) is 3.37. The molecule has 0 aliphatic heterocycles. The third kappa shape index (κ3) is 2.58. The number of rotatable bonds is 2. The number of aryl methyl sites for hydroxylation is 1. The molecule has 21 heavy (non-hydrogen) atoms. The van der Waals surface area contributed by atoms with E-state index in [4.69, 9.17) is 11.6 Å². The van der Waals surface area contributed by atoms with Crippen molar-refractivity contribution in [1.82, 2.24) is 9.55 Å². The van der Waals surface area contributed by atoms with Crippen LogP contribution in [0.5, 0.6) is 0 Å². The fourth-order valence-electron chi connectivity index (χ4n) is 2.32. The summed E-state index contributed by atoms with van der Waals surface area (Å²) in [5, 5.41) is -0.277. The highest BCUT2D eigenvalue weighted by Crippen LogP contribution is 2.31. The lowest BCUT2D eigenvalue weighted by atomic mass is 10.2. The zero-order chi connectivity index (χ0) is 15.1. The van der Waals surface area contributed by atoms with Gasteiger partial charge in [-0.3, -0.25) is 4.57 Å². The van der Waals surface area contributed by atoms with Gasteiger partial charge < -0.3 is 0 Å². The molecule has 0 amide bonds. The number of aromatic nitrogens is 2. The van der Waals surface area contributed by atoms with Crippen LogP contribution < -0.4 is 0 Å². The maximum Gasteiger partial charge on any atom is 0.139 e. The van der Waals surface area contributed by atoms with Crippen molar-refractivity contribution in [2.45, 2.75) is 19.2 Å². The molecule has 2 nitrogen and oxygen atoms in total. The summed E-state index contributed by atoms with van der Waals surface area (Å²) in [6.45, 7) is 3.89. The molecule has 0 N–H and O–H groups in total. The summed E-state index contributed by atoms with van der Waals surface area (Å²) in [6.07, 6.45) is 0. The molecule has 0 aliphatic rings. The first-order valence-corrected chi connectivity index (χ1v) is 7.79. The van der Waals surface area contributed by atoms with Gasteiger partial charge in [-0.2, -0.15) is 0 Å². The number of benzene rings is 2. The van der Waals surface area contributed by atoms with Crippen LogP contribution in [0.2, 0.25) is 0 Å². The minimum atomic E-state index is -0.315. The maximum atomic E-state index is 13.9. The Labute approximate surface area is 135 Å². The van der Waals surface area contributed by atoms with Gasteiger partial charge in [-0.15, -0.1) is 11.6 Å². The Morgan fingerprint density at radius 2 is 1.90 bits per heavy atom. The van der Waals surface area contributed by atoms with E-state index >= 15 is 0 Å². The van der Waals surface area contributed by atoms with Crippen molar-refractivity contribution in [1.29, 1.82) is 0 Å². The second kappa shape index (κ2) is 5.43. The second-order valence-electron chi connectivity index (χ2n) is 5.01. The molecule has 1 aromatic heterocycles. The molecule has 0 fully saturated rings. The number of nitrogens with zero attached hydrogens (tertiary/aromatic N) is 2. The first kappa shape index (κ1) is 14.5. The lowest BCUT2D eigenvalue weighted by Crippen LogP contribution is -2.02. The van der Waals surface area contributed by atoms with E-state index in [1.54, 1.807) is 6.07 Å². The number of hydrogen-bond donors (Lipinski definition) is 0. The molecule has 0 saturated heterocycles. The normalized spacial score (nSPS) is 12.8. The quantitative estimate of drug-likeness (QED) is 0.544. The van der Waals surface area contributed by atoms with Crippen molar-refractivity contribution >= 4 is 38.6 Å². The van der Waals surface area contributed by atoms with Crippen LogP contribution in [-0.2, 0) is 0 Å². The molecule has 0 aliphatic carbocycles. The Morgan fingerprint density at radius 1 is 1.24 bits per heavy atom. The molecule has 1 atom stereocenters. The zero-order valence-electron chi connectivity index (χ0n) is 11.6. The number of hydrogen-bond acceptors (Lipinski definition) is 1. The highest BCUT2D eigenvalue weighted by Gasteiger charge is 2.18. The van der Waals surface area contributed by atoms with E-state index in [-0.39, 0.29) is 11.2 Å². The van der Waals surface area contributed by atoms with Crippen LogP contribution in [0.25, 0.3) is 16.7 Å². The molecule has 3 aromatic rings. The molecule has 0 spiro atoms. The smallest absolute Gasteiger partial charge is 0.139 e. The molecule has 0 saturated carbocycles. The molecule has 2 aromatic carbocycles. The monoisotopic (exact) mass is 366 g/mol. The van der Waals surface area contributed by atoms with E-state index in [9.17, 15) is 4.39 Å². The fraction of sp³-hybridized carbons (Fsp3) is 0.188. The molecular formula is C16H13BrClFN2. The van der Waals surface area contributed by atoms with Crippen LogP contribution in [-0.4, -0.2) is 9.55 Å². The van der Waals surface area contributed by atoms with Gasteiger partial charge in [0.15, 0.2) is 0 Å². The summed E-state index contributed by atoms with van der Waals surface area (Å²) < 4.78 is 16.2. The van der Waals surface area contributed by atoms with Crippen molar-refractivity contribution in [3.63, 3.8) is 0 Å². The largest absolute Gasteiger partial charge is 0.295 e. The highest BCUT2D eigenvalue weighted by molar-refractivity contribution is 9.10. The topological polar surface area (TPSA) is 17.8 Å². The average molecular weight is 368 g/mol. The molecule has 0 radical (unpaired) electrons. The molecule has 0 bridgehead atoms. The second-order valence-corrected chi connectivity index (χ2v) is 6.52. The van der Waals surface area contributed by atoms with Crippen LogP contribution in [0, 0.1) is 12.7 Å². The van der Waals surface area contributed by atoms with Gasteiger partial charge in [-0.25, -0.2) is 9.37 Å². The third-order valence-corrected chi connectivity index (χ3v) is 4.17. The Kier molecular flexibility index (Phi) is 3.76. The summed E-state index contributed by atoms with van der Waals surface area (Å²) >= 11 is 9.45. The summed E-state index contributed by atoms with van der Waals surface area (Å²) in [5.74, 6) is 0.387.